The molecule has 0 unspecified atom stereocenters. The van der Waals surface area contributed by atoms with E-state index in [1.807, 2.05) is 0 Å². The molecule has 0 bridgehead atoms. The molecule has 0 radical (unpaired) electrons. The fourth-order valence-corrected chi connectivity index (χ4v) is 0.196. The van der Waals surface area contributed by atoms with Gasteiger partial charge < -0.3 is 0 Å². The molecule has 46 valence electrons. The van der Waals surface area contributed by atoms with Crippen molar-refractivity contribution in [1.29, 1.82) is 5.26 Å². The highest BCUT2D eigenvalue weighted by atomic mass is 79.9. The van der Waals surface area contributed by atoms with Crippen molar-refractivity contribution < 1.29 is 0 Å². The molecule has 2 nitrogen and oxygen atoms in total. The first-order valence-electron chi connectivity index (χ1n) is 2.04. The average molecular weight is 242 g/mol. The molecule has 0 N–H and O–H groups in total. The van der Waals surface area contributed by atoms with Crippen molar-refractivity contribution in [2.75, 3.05) is 0 Å². The largest absolute Gasteiger partial charge is 0.196 e. The predicted molar refractivity (Wildman–Crippen MR) is 39.4 cm³/mol. The lowest BCUT2D eigenvalue weighted by Gasteiger charge is -2.18. The SMILES string of the molecule is CC(C)(C#N)N(Br)Br. The molecule has 0 saturated carbocycles. The van der Waals surface area contributed by atoms with Crippen LogP contribution >= 0.6 is 32.3 Å². The maximum Gasteiger partial charge on any atom is 0.124 e. The molecule has 0 saturated heterocycles. The van der Waals surface area contributed by atoms with Crippen molar-refractivity contribution in [3.05, 3.63) is 0 Å². The molecule has 0 aromatic heterocycles. The van der Waals surface area contributed by atoms with Crippen LogP contribution in [0.15, 0.2) is 0 Å². The summed E-state index contributed by atoms with van der Waals surface area (Å²) in [4.78, 5) is 0. The summed E-state index contributed by atoms with van der Waals surface area (Å²) in [5.41, 5.74) is -0.486. The fourth-order valence-electron chi connectivity index (χ4n) is 0.0378. The Morgan fingerprint density at radius 1 is 1.50 bits per heavy atom. The van der Waals surface area contributed by atoms with Gasteiger partial charge in [0.15, 0.2) is 0 Å². The second-order valence-corrected chi connectivity index (χ2v) is 4.27. The van der Waals surface area contributed by atoms with Gasteiger partial charge in [-0.2, -0.15) is 8.21 Å². The number of nitriles is 1. The summed E-state index contributed by atoms with van der Waals surface area (Å²) < 4.78 is 1.51. The molecule has 0 atom stereocenters. The van der Waals surface area contributed by atoms with Crippen molar-refractivity contribution in [3.8, 4) is 6.07 Å². The number of nitrogens with zero attached hydrogens (tertiary/aromatic N) is 2. The van der Waals surface area contributed by atoms with Gasteiger partial charge in [0.2, 0.25) is 0 Å². The van der Waals surface area contributed by atoms with Gasteiger partial charge in [-0.05, 0) is 13.8 Å². The third-order valence-corrected chi connectivity index (χ3v) is 2.47. The lowest BCUT2D eigenvalue weighted by molar-refractivity contribution is 0.503. The molecular formula is C4H6Br2N2. The molecule has 0 rings (SSSR count). The standard InChI is InChI=1S/C4H6Br2N2/c1-4(2,3-7)8(5)6/h1-2H3. The van der Waals surface area contributed by atoms with E-state index < -0.39 is 5.54 Å². The average Bonchev–Trinajstić information content (AvgIpc) is 1.67. The lowest BCUT2D eigenvalue weighted by atomic mass is 10.1. The maximum absolute atomic E-state index is 8.41. The number of hydrogen-bond acceptors (Lipinski definition) is 2. The molecule has 0 amide bonds. The van der Waals surface area contributed by atoms with E-state index in [1.165, 1.54) is 2.95 Å². The number of hydrogen-bond donors (Lipinski definition) is 0. The lowest BCUT2D eigenvalue weighted by Crippen LogP contribution is -2.27. The van der Waals surface area contributed by atoms with Gasteiger partial charge in [0, 0.05) is 32.3 Å². The van der Waals surface area contributed by atoms with Crippen molar-refractivity contribution in [3.63, 3.8) is 0 Å². The normalized spacial score (nSPS) is 11.5. The Kier molecular flexibility index (Phi) is 2.95. The number of rotatable bonds is 1. The maximum atomic E-state index is 8.41. The third kappa shape index (κ3) is 2.12. The molecule has 4 heteroatoms. The molecule has 0 aliphatic rings. The van der Waals surface area contributed by atoms with Crippen molar-refractivity contribution in [2.45, 2.75) is 19.4 Å². The van der Waals surface area contributed by atoms with Gasteiger partial charge in [-0.15, -0.1) is 0 Å². The Balaban J connectivity index is 3.97. The zero-order valence-electron chi connectivity index (χ0n) is 4.65. The minimum absolute atomic E-state index is 0.486. The molecule has 0 aromatic rings. The molecule has 0 aliphatic carbocycles. The minimum atomic E-state index is -0.486. The summed E-state index contributed by atoms with van der Waals surface area (Å²) in [6.45, 7) is 3.58. The zero-order valence-corrected chi connectivity index (χ0v) is 7.82. The van der Waals surface area contributed by atoms with E-state index in [1.54, 1.807) is 13.8 Å². The molecule has 0 heterocycles. The first kappa shape index (κ1) is 8.41. The van der Waals surface area contributed by atoms with E-state index in [9.17, 15) is 0 Å². The second-order valence-electron chi connectivity index (χ2n) is 1.90. The summed E-state index contributed by atoms with van der Waals surface area (Å²) in [6, 6.07) is 2.07. The van der Waals surface area contributed by atoms with E-state index in [4.69, 9.17) is 5.26 Å². The zero-order chi connectivity index (χ0) is 6.78. The van der Waals surface area contributed by atoms with Crippen molar-refractivity contribution >= 4 is 32.3 Å². The van der Waals surface area contributed by atoms with E-state index in [0.717, 1.165) is 0 Å². The van der Waals surface area contributed by atoms with Gasteiger partial charge in [-0.3, -0.25) is 0 Å². The van der Waals surface area contributed by atoms with Gasteiger partial charge in [0.25, 0.3) is 0 Å². The van der Waals surface area contributed by atoms with E-state index in [2.05, 4.69) is 38.4 Å². The summed E-state index contributed by atoms with van der Waals surface area (Å²) in [5, 5.41) is 8.41. The Morgan fingerprint density at radius 2 is 1.88 bits per heavy atom. The highest BCUT2D eigenvalue weighted by molar-refractivity contribution is 9.21. The second kappa shape index (κ2) is 2.81. The first-order chi connectivity index (χ1) is 3.50. The molecular weight excluding hydrogens is 236 g/mol. The summed E-state index contributed by atoms with van der Waals surface area (Å²) >= 11 is 6.17. The Hall–Kier alpha value is 0.410. The van der Waals surface area contributed by atoms with Crippen LogP contribution in [-0.4, -0.2) is 8.49 Å². The van der Waals surface area contributed by atoms with Gasteiger partial charge in [0.1, 0.15) is 5.54 Å². The first-order valence-corrected chi connectivity index (χ1v) is 3.45. The van der Waals surface area contributed by atoms with Crippen molar-refractivity contribution in [1.82, 2.24) is 2.95 Å². The highest BCUT2D eigenvalue weighted by Gasteiger charge is 2.21. The van der Waals surface area contributed by atoms with Crippen LogP contribution in [0.5, 0.6) is 0 Å². The molecule has 0 fully saturated rings. The Labute approximate surface area is 66.1 Å². The van der Waals surface area contributed by atoms with E-state index >= 15 is 0 Å². The quantitative estimate of drug-likeness (QED) is 0.659. The minimum Gasteiger partial charge on any atom is -0.196 e. The molecule has 0 aliphatic heterocycles. The Bertz CT molecular complexity index is 114. The van der Waals surface area contributed by atoms with E-state index in [-0.39, 0.29) is 0 Å². The van der Waals surface area contributed by atoms with Crippen LogP contribution in [0.2, 0.25) is 0 Å². The predicted octanol–water partition coefficient (Wildman–Crippen LogP) is 2.21. The third-order valence-electron chi connectivity index (χ3n) is 0.696. The van der Waals surface area contributed by atoms with Gasteiger partial charge >= 0.3 is 0 Å². The van der Waals surface area contributed by atoms with Gasteiger partial charge in [0.05, 0.1) is 6.07 Å². The van der Waals surface area contributed by atoms with Gasteiger partial charge in [-0.25, -0.2) is 0 Å². The summed E-state index contributed by atoms with van der Waals surface area (Å²) in [7, 11) is 0. The topological polar surface area (TPSA) is 27.0 Å². The van der Waals surface area contributed by atoms with Gasteiger partial charge in [-0.1, -0.05) is 0 Å². The number of halogens is 2. The van der Waals surface area contributed by atoms with Crippen LogP contribution in [0.4, 0.5) is 0 Å². The molecule has 8 heavy (non-hydrogen) atoms. The van der Waals surface area contributed by atoms with Crippen LogP contribution in [0.3, 0.4) is 0 Å². The summed E-state index contributed by atoms with van der Waals surface area (Å²) in [6.07, 6.45) is 0. The van der Waals surface area contributed by atoms with Crippen LogP contribution < -0.4 is 0 Å². The molecule has 0 aromatic carbocycles. The fraction of sp³-hybridized carbons (Fsp3) is 0.750. The van der Waals surface area contributed by atoms with E-state index in [0.29, 0.717) is 0 Å². The smallest absolute Gasteiger partial charge is 0.124 e. The summed E-state index contributed by atoms with van der Waals surface area (Å²) in [5.74, 6) is 0. The molecule has 0 spiro atoms. The van der Waals surface area contributed by atoms with Crippen LogP contribution in [0.1, 0.15) is 13.8 Å². The van der Waals surface area contributed by atoms with Crippen LogP contribution in [-0.2, 0) is 0 Å². The van der Waals surface area contributed by atoms with Crippen molar-refractivity contribution in [2.24, 2.45) is 0 Å². The van der Waals surface area contributed by atoms with Crippen LogP contribution in [0, 0.1) is 11.3 Å². The Morgan fingerprint density at radius 3 is 1.88 bits per heavy atom. The highest BCUT2D eigenvalue weighted by Crippen LogP contribution is 2.21. The monoisotopic (exact) mass is 240 g/mol. The van der Waals surface area contributed by atoms with Crippen LogP contribution in [0.25, 0.3) is 0 Å².